The van der Waals surface area contributed by atoms with E-state index in [1.165, 1.54) is 5.56 Å². The van der Waals surface area contributed by atoms with Gasteiger partial charge in [0.15, 0.2) is 5.96 Å². The van der Waals surface area contributed by atoms with Crippen LogP contribution in [0.5, 0.6) is 0 Å². The summed E-state index contributed by atoms with van der Waals surface area (Å²) < 4.78 is 11.1. The van der Waals surface area contributed by atoms with Gasteiger partial charge in [-0.15, -0.1) is 0 Å². The Labute approximate surface area is 152 Å². The Balaban J connectivity index is 1.61. The molecular weight excluding hydrogens is 314 g/mol. The molecule has 1 aromatic carbocycles. The van der Waals surface area contributed by atoms with Crippen molar-refractivity contribution in [3.05, 3.63) is 35.9 Å². The lowest BCUT2D eigenvalue weighted by molar-refractivity contribution is 0.0420. The van der Waals surface area contributed by atoms with Crippen molar-refractivity contribution in [1.82, 2.24) is 10.6 Å². The number of hydrogen-bond donors (Lipinski definition) is 2. The van der Waals surface area contributed by atoms with E-state index in [0.717, 1.165) is 58.1 Å². The second-order valence-corrected chi connectivity index (χ2v) is 7.39. The van der Waals surface area contributed by atoms with Crippen LogP contribution in [0.15, 0.2) is 35.3 Å². The summed E-state index contributed by atoms with van der Waals surface area (Å²) >= 11 is 0. The van der Waals surface area contributed by atoms with Crippen LogP contribution in [0.3, 0.4) is 0 Å². The monoisotopic (exact) mass is 347 g/mol. The molecule has 0 bridgehead atoms. The predicted molar refractivity (Wildman–Crippen MR) is 103 cm³/mol. The van der Waals surface area contributed by atoms with Crippen molar-refractivity contribution >= 4 is 5.96 Å². The molecule has 140 valence electrons. The summed E-state index contributed by atoms with van der Waals surface area (Å²) in [6.45, 7) is 8.61. The third-order valence-electron chi connectivity index (χ3n) is 4.34. The van der Waals surface area contributed by atoms with Crippen LogP contribution in [-0.2, 0) is 15.9 Å². The molecule has 0 spiro atoms. The molecule has 0 aromatic heterocycles. The van der Waals surface area contributed by atoms with E-state index in [1.807, 2.05) is 7.05 Å². The Morgan fingerprint density at radius 1 is 1.28 bits per heavy atom. The lowest BCUT2D eigenvalue weighted by Crippen LogP contribution is -2.43. The Morgan fingerprint density at radius 2 is 2.08 bits per heavy atom. The van der Waals surface area contributed by atoms with Crippen molar-refractivity contribution in [2.45, 2.75) is 39.2 Å². The summed E-state index contributed by atoms with van der Waals surface area (Å²) in [4.78, 5) is 4.31. The van der Waals surface area contributed by atoms with Gasteiger partial charge in [0.05, 0.1) is 12.7 Å². The zero-order valence-corrected chi connectivity index (χ0v) is 15.9. The SMILES string of the molecule is CN=C(NCCCOC1CCOC1)NCC(C)(C)Cc1ccccc1. The number of nitrogens with one attached hydrogen (secondary N) is 2. The second kappa shape index (κ2) is 10.4. The average Bonchev–Trinajstić information content (AvgIpc) is 3.11. The van der Waals surface area contributed by atoms with E-state index >= 15 is 0 Å². The summed E-state index contributed by atoms with van der Waals surface area (Å²) in [6.07, 6.45) is 3.31. The molecule has 0 radical (unpaired) electrons. The van der Waals surface area contributed by atoms with E-state index in [9.17, 15) is 0 Å². The van der Waals surface area contributed by atoms with Gasteiger partial charge in [-0.05, 0) is 30.2 Å². The highest BCUT2D eigenvalue weighted by molar-refractivity contribution is 5.79. The molecule has 1 atom stereocenters. The summed E-state index contributed by atoms with van der Waals surface area (Å²) in [6, 6.07) is 10.6. The van der Waals surface area contributed by atoms with E-state index in [1.54, 1.807) is 0 Å². The zero-order chi connectivity index (χ0) is 18.0. The fourth-order valence-electron chi connectivity index (χ4n) is 2.93. The lowest BCUT2D eigenvalue weighted by Gasteiger charge is -2.26. The van der Waals surface area contributed by atoms with Gasteiger partial charge in [0, 0.05) is 33.4 Å². The quantitative estimate of drug-likeness (QED) is 0.410. The number of benzene rings is 1. The fourth-order valence-corrected chi connectivity index (χ4v) is 2.93. The van der Waals surface area contributed by atoms with Crippen LogP contribution in [-0.4, -0.2) is 52.0 Å². The molecule has 1 unspecified atom stereocenters. The highest BCUT2D eigenvalue weighted by Crippen LogP contribution is 2.20. The van der Waals surface area contributed by atoms with Crippen LogP contribution in [0.4, 0.5) is 0 Å². The number of rotatable bonds is 9. The largest absolute Gasteiger partial charge is 0.379 e. The van der Waals surface area contributed by atoms with Gasteiger partial charge in [0.2, 0.25) is 0 Å². The molecule has 1 fully saturated rings. The average molecular weight is 348 g/mol. The summed E-state index contributed by atoms with van der Waals surface area (Å²) in [5, 5.41) is 6.80. The Morgan fingerprint density at radius 3 is 2.76 bits per heavy atom. The molecule has 1 heterocycles. The first kappa shape index (κ1) is 19.7. The van der Waals surface area contributed by atoms with Crippen molar-refractivity contribution in [3.63, 3.8) is 0 Å². The fraction of sp³-hybridized carbons (Fsp3) is 0.650. The van der Waals surface area contributed by atoms with E-state index in [2.05, 4.69) is 59.8 Å². The number of ether oxygens (including phenoxy) is 2. The highest BCUT2D eigenvalue weighted by Gasteiger charge is 2.19. The Kier molecular flexibility index (Phi) is 8.22. The zero-order valence-electron chi connectivity index (χ0n) is 15.9. The van der Waals surface area contributed by atoms with Gasteiger partial charge in [-0.2, -0.15) is 0 Å². The van der Waals surface area contributed by atoms with Crippen molar-refractivity contribution in [2.24, 2.45) is 10.4 Å². The molecule has 1 aliphatic rings. The van der Waals surface area contributed by atoms with Gasteiger partial charge in [0.1, 0.15) is 0 Å². The lowest BCUT2D eigenvalue weighted by atomic mass is 9.86. The van der Waals surface area contributed by atoms with E-state index in [4.69, 9.17) is 9.47 Å². The minimum Gasteiger partial charge on any atom is -0.379 e. The summed E-state index contributed by atoms with van der Waals surface area (Å²) in [7, 11) is 1.81. The van der Waals surface area contributed by atoms with Gasteiger partial charge in [-0.3, -0.25) is 4.99 Å². The second-order valence-electron chi connectivity index (χ2n) is 7.39. The molecular formula is C20H33N3O2. The molecule has 2 N–H and O–H groups in total. The molecule has 1 aromatic rings. The van der Waals surface area contributed by atoms with Crippen LogP contribution < -0.4 is 10.6 Å². The summed E-state index contributed by atoms with van der Waals surface area (Å²) in [5.41, 5.74) is 1.52. The van der Waals surface area contributed by atoms with Crippen LogP contribution in [0, 0.1) is 5.41 Å². The van der Waals surface area contributed by atoms with Crippen molar-refractivity contribution < 1.29 is 9.47 Å². The molecule has 5 nitrogen and oxygen atoms in total. The van der Waals surface area contributed by atoms with E-state index in [0.29, 0.717) is 0 Å². The normalized spacial score (nSPS) is 18.4. The molecule has 0 amide bonds. The van der Waals surface area contributed by atoms with E-state index < -0.39 is 0 Å². The van der Waals surface area contributed by atoms with Gasteiger partial charge in [-0.1, -0.05) is 44.2 Å². The predicted octanol–water partition coefficient (Wildman–Crippen LogP) is 2.62. The van der Waals surface area contributed by atoms with Crippen LogP contribution in [0.1, 0.15) is 32.3 Å². The third-order valence-corrected chi connectivity index (χ3v) is 4.34. The van der Waals surface area contributed by atoms with Crippen LogP contribution in [0.25, 0.3) is 0 Å². The Hall–Kier alpha value is -1.59. The van der Waals surface area contributed by atoms with Crippen molar-refractivity contribution in [1.29, 1.82) is 0 Å². The van der Waals surface area contributed by atoms with Crippen molar-refractivity contribution in [3.8, 4) is 0 Å². The highest BCUT2D eigenvalue weighted by atomic mass is 16.5. The molecule has 2 rings (SSSR count). The van der Waals surface area contributed by atoms with Crippen LogP contribution >= 0.6 is 0 Å². The number of hydrogen-bond acceptors (Lipinski definition) is 3. The standard InChI is InChI=1S/C20H33N3O2/c1-20(2,14-17-8-5-4-6-9-17)16-23-19(21-3)22-11-7-12-25-18-10-13-24-15-18/h4-6,8-9,18H,7,10-16H2,1-3H3,(H2,21,22,23). The number of aliphatic imine (C=N–C) groups is 1. The molecule has 0 aliphatic carbocycles. The van der Waals surface area contributed by atoms with Gasteiger partial charge in [0.25, 0.3) is 0 Å². The number of guanidine groups is 1. The minimum absolute atomic E-state index is 0.157. The molecule has 5 heteroatoms. The first-order valence-corrected chi connectivity index (χ1v) is 9.27. The first-order chi connectivity index (χ1) is 12.1. The Bertz CT molecular complexity index is 511. The maximum Gasteiger partial charge on any atom is 0.190 e. The molecule has 1 aliphatic heterocycles. The van der Waals surface area contributed by atoms with Crippen LogP contribution in [0.2, 0.25) is 0 Å². The van der Waals surface area contributed by atoms with Gasteiger partial charge >= 0.3 is 0 Å². The molecule has 1 saturated heterocycles. The van der Waals surface area contributed by atoms with E-state index in [-0.39, 0.29) is 11.5 Å². The maximum atomic E-state index is 5.77. The smallest absolute Gasteiger partial charge is 0.190 e. The topological polar surface area (TPSA) is 54.9 Å². The van der Waals surface area contributed by atoms with Gasteiger partial charge in [-0.25, -0.2) is 0 Å². The first-order valence-electron chi connectivity index (χ1n) is 9.27. The third kappa shape index (κ3) is 7.88. The van der Waals surface area contributed by atoms with Gasteiger partial charge < -0.3 is 20.1 Å². The molecule has 0 saturated carbocycles. The van der Waals surface area contributed by atoms with Crippen molar-refractivity contribution in [2.75, 3.05) is 40.0 Å². The maximum absolute atomic E-state index is 5.77. The number of nitrogens with zero attached hydrogens (tertiary/aromatic N) is 1. The molecule has 25 heavy (non-hydrogen) atoms. The minimum atomic E-state index is 0.157. The summed E-state index contributed by atoms with van der Waals surface area (Å²) in [5.74, 6) is 0.852.